The minimum atomic E-state index is -0.613. The van der Waals surface area contributed by atoms with Crippen molar-refractivity contribution in [1.82, 2.24) is 9.97 Å². The number of carbonyl (C=O) groups is 1. The van der Waals surface area contributed by atoms with Gasteiger partial charge in [-0.05, 0) is 42.0 Å². The Kier molecular flexibility index (Phi) is 6.58. The van der Waals surface area contributed by atoms with E-state index >= 15 is 0 Å². The summed E-state index contributed by atoms with van der Waals surface area (Å²) in [6.45, 7) is -0.198. The lowest BCUT2D eigenvalue weighted by molar-refractivity contribution is -0.139. The van der Waals surface area contributed by atoms with E-state index in [9.17, 15) is 9.59 Å². The fourth-order valence-electron chi connectivity index (χ4n) is 2.78. The lowest BCUT2D eigenvalue weighted by atomic mass is 10.1. The number of aromatic amines is 1. The van der Waals surface area contributed by atoms with E-state index in [4.69, 9.17) is 30.5 Å². The molecule has 0 amide bonds. The Morgan fingerprint density at radius 1 is 1.10 bits per heavy atom. The summed E-state index contributed by atoms with van der Waals surface area (Å²) >= 11 is 5.94. The van der Waals surface area contributed by atoms with E-state index in [1.165, 1.54) is 27.4 Å². The van der Waals surface area contributed by atoms with Crippen LogP contribution in [-0.2, 0) is 16.1 Å². The maximum absolute atomic E-state index is 12.1. The third-order valence-corrected chi connectivity index (χ3v) is 4.40. The molecule has 0 fully saturated rings. The number of nitrogens with one attached hydrogen (secondary N) is 1. The van der Waals surface area contributed by atoms with E-state index in [1.54, 1.807) is 36.4 Å². The van der Waals surface area contributed by atoms with Gasteiger partial charge in [0.25, 0.3) is 5.56 Å². The van der Waals surface area contributed by atoms with Crippen LogP contribution in [0.25, 0.3) is 17.0 Å². The van der Waals surface area contributed by atoms with Gasteiger partial charge in [-0.2, -0.15) is 0 Å². The molecule has 156 valence electrons. The van der Waals surface area contributed by atoms with Gasteiger partial charge in [0.1, 0.15) is 12.4 Å². The van der Waals surface area contributed by atoms with Crippen LogP contribution in [0.4, 0.5) is 0 Å². The maximum Gasteiger partial charge on any atom is 0.331 e. The number of hydrogen-bond donors (Lipinski definition) is 1. The van der Waals surface area contributed by atoms with E-state index in [1.807, 2.05) is 0 Å². The van der Waals surface area contributed by atoms with Gasteiger partial charge in [0.05, 0.1) is 32.2 Å². The first-order chi connectivity index (χ1) is 14.4. The zero-order valence-electron chi connectivity index (χ0n) is 16.5. The highest BCUT2D eigenvalue weighted by molar-refractivity contribution is 6.31. The van der Waals surface area contributed by atoms with Gasteiger partial charge in [-0.15, -0.1) is 0 Å². The molecule has 0 saturated heterocycles. The number of ether oxygens (including phenoxy) is 4. The lowest BCUT2D eigenvalue weighted by Crippen LogP contribution is -2.13. The summed E-state index contributed by atoms with van der Waals surface area (Å²) in [4.78, 5) is 31.0. The highest BCUT2D eigenvalue weighted by atomic mass is 35.5. The molecule has 2 aromatic carbocycles. The van der Waals surface area contributed by atoms with Crippen LogP contribution in [0.1, 0.15) is 11.4 Å². The van der Waals surface area contributed by atoms with Crippen molar-refractivity contribution in [1.29, 1.82) is 0 Å². The first kappa shape index (κ1) is 21.2. The number of halogens is 1. The second-order valence-corrected chi connectivity index (χ2v) is 6.51. The standard InChI is InChI=1S/C21H19ClN2O6/c1-27-16-8-12(9-17(28-2)20(16)29-3)4-7-19(25)30-11-18-23-15-10-13(22)5-6-14(15)21(26)24-18/h4-10H,11H2,1-3H3,(H,23,24,26)/b7-4+. The Morgan fingerprint density at radius 2 is 1.80 bits per heavy atom. The minimum absolute atomic E-state index is 0.198. The summed E-state index contributed by atoms with van der Waals surface area (Å²) in [5.74, 6) is 0.969. The summed E-state index contributed by atoms with van der Waals surface area (Å²) in [5, 5.41) is 0.855. The van der Waals surface area contributed by atoms with Crippen LogP contribution in [0.3, 0.4) is 0 Å². The predicted molar refractivity (Wildman–Crippen MR) is 112 cm³/mol. The van der Waals surface area contributed by atoms with Gasteiger partial charge >= 0.3 is 5.97 Å². The van der Waals surface area contributed by atoms with Crippen molar-refractivity contribution < 1.29 is 23.7 Å². The van der Waals surface area contributed by atoms with Gasteiger partial charge in [-0.25, -0.2) is 9.78 Å². The Balaban J connectivity index is 1.72. The normalized spacial score (nSPS) is 10.9. The Hall–Kier alpha value is -3.52. The van der Waals surface area contributed by atoms with E-state index in [-0.39, 0.29) is 18.0 Å². The molecule has 1 aromatic heterocycles. The highest BCUT2D eigenvalue weighted by Gasteiger charge is 2.12. The molecule has 8 nitrogen and oxygen atoms in total. The molecular formula is C21H19ClN2O6. The third-order valence-electron chi connectivity index (χ3n) is 4.17. The second-order valence-electron chi connectivity index (χ2n) is 6.07. The number of rotatable bonds is 7. The van der Waals surface area contributed by atoms with E-state index in [0.717, 1.165) is 0 Å². The fraction of sp³-hybridized carbons (Fsp3) is 0.190. The maximum atomic E-state index is 12.1. The highest BCUT2D eigenvalue weighted by Crippen LogP contribution is 2.38. The Morgan fingerprint density at radius 3 is 2.43 bits per heavy atom. The molecule has 0 saturated carbocycles. The van der Waals surface area contributed by atoms with E-state index < -0.39 is 5.97 Å². The Bertz CT molecular complexity index is 1150. The minimum Gasteiger partial charge on any atom is -0.493 e. The van der Waals surface area contributed by atoms with Crippen LogP contribution >= 0.6 is 11.6 Å². The molecule has 0 aliphatic heterocycles. The van der Waals surface area contributed by atoms with Gasteiger partial charge < -0.3 is 23.9 Å². The van der Waals surface area contributed by atoms with Crippen molar-refractivity contribution in [3.05, 3.63) is 63.2 Å². The number of aromatic nitrogens is 2. The quantitative estimate of drug-likeness (QED) is 0.453. The van der Waals surface area contributed by atoms with Crippen molar-refractivity contribution in [2.45, 2.75) is 6.61 Å². The van der Waals surface area contributed by atoms with Crippen LogP contribution in [0.2, 0.25) is 5.02 Å². The number of hydrogen-bond acceptors (Lipinski definition) is 7. The number of H-pyrrole nitrogens is 1. The molecule has 30 heavy (non-hydrogen) atoms. The zero-order valence-corrected chi connectivity index (χ0v) is 17.3. The van der Waals surface area contributed by atoms with Gasteiger partial charge in [-0.3, -0.25) is 4.79 Å². The molecule has 1 N–H and O–H groups in total. The molecular weight excluding hydrogens is 412 g/mol. The van der Waals surface area contributed by atoms with Crippen LogP contribution in [0.15, 0.2) is 41.2 Å². The largest absolute Gasteiger partial charge is 0.493 e. The van der Waals surface area contributed by atoms with Crippen molar-refractivity contribution in [3.63, 3.8) is 0 Å². The second kappa shape index (κ2) is 9.32. The van der Waals surface area contributed by atoms with Crippen LogP contribution in [0.5, 0.6) is 17.2 Å². The first-order valence-electron chi connectivity index (χ1n) is 8.78. The molecule has 0 spiro atoms. The van der Waals surface area contributed by atoms with Crippen molar-refractivity contribution >= 4 is 34.5 Å². The number of methoxy groups -OCH3 is 3. The van der Waals surface area contributed by atoms with Crippen LogP contribution in [0, 0.1) is 0 Å². The molecule has 1 heterocycles. The fourth-order valence-corrected chi connectivity index (χ4v) is 2.95. The summed E-state index contributed by atoms with van der Waals surface area (Å²) in [6.07, 6.45) is 2.79. The molecule has 0 radical (unpaired) electrons. The van der Waals surface area contributed by atoms with Gasteiger partial charge in [0.15, 0.2) is 11.5 Å². The molecule has 9 heteroatoms. The summed E-state index contributed by atoms with van der Waals surface area (Å²) < 4.78 is 21.0. The molecule has 0 bridgehead atoms. The topological polar surface area (TPSA) is 99.7 Å². The molecule has 3 aromatic rings. The molecule has 0 aliphatic rings. The van der Waals surface area contributed by atoms with Gasteiger partial charge in [-0.1, -0.05) is 11.6 Å². The first-order valence-corrected chi connectivity index (χ1v) is 9.16. The molecule has 0 unspecified atom stereocenters. The monoisotopic (exact) mass is 430 g/mol. The zero-order chi connectivity index (χ0) is 21.7. The van der Waals surface area contributed by atoms with Crippen molar-refractivity contribution in [2.75, 3.05) is 21.3 Å². The number of benzene rings is 2. The van der Waals surface area contributed by atoms with Gasteiger partial charge in [0, 0.05) is 11.1 Å². The Labute approximate surface area is 177 Å². The third kappa shape index (κ3) is 4.72. The smallest absolute Gasteiger partial charge is 0.331 e. The van der Waals surface area contributed by atoms with Crippen LogP contribution in [-0.4, -0.2) is 37.3 Å². The summed E-state index contributed by atoms with van der Waals surface area (Å²) in [6, 6.07) is 8.14. The SMILES string of the molecule is COc1cc(/C=C/C(=O)OCc2nc3cc(Cl)ccc3c(=O)[nH]2)cc(OC)c1OC. The predicted octanol–water partition coefficient (Wildman–Crippen LogP) is 3.36. The average molecular weight is 431 g/mol. The average Bonchev–Trinajstić information content (AvgIpc) is 2.74. The van der Waals surface area contributed by atoms with Crippen molar-refractivity contribution in [3.8, 4) is 17.2 Å². The lowest BCUT2D eigenvalue weighted by Gasteiger charge is -2.12. The van der Waals surface area contributed by atoms with E-state index in [2.05, 4.69) is 9.97 Å². The van der Waals surface area contributed by atoms with E-state index in [0.29, 0.717) is 38.7 Å². The molecule has 0 atom stereocenters. The molecule has 3 rings (SSSR count). The van der Waals surface area contributed by atoms with Gasteiger partial charge in [0.2, 0.25) is 5.75 Å². The number of carbonyl (C=O) groups excluding carboxylic acids is 1. The number of nitrogens with zero attached hydrogens (tertiary/aromatic N) is 1. The summed E-state index contributed by atoms with van der Waals surface area (Å²) in [7, 11) is 4.51. The number of esters is 1. The van der Waals surface area contributed by atoms with Crippen LogP contribution < -0.4 is 19.8 Å². The number of fused-ring (bicyclic) bond motifs is 1. The van der Waals surface area contributed by atoms with Crippen molar-refractivity contribution in [2.24, 2.45) is 0 Å². The summed E-state index contributed by atoms with van der Waals surface area (Å²) in [5.41, 5.74) is 0.731. The molecule has 0 aliphatic carbocycles.